The fraction of sp³-hybridized carbons (Fsp3) is 1.00. The summed E-state index contributed by atoms with van der Waals surface area (Å²) in [5, 5.41) is 0. The van der Waals surface area contributed by atoms with Gasteiger partial charge in [0.15, 0.2) is 0 Å². The van der Waals surface area contributed by atoms with Crippen molar-refractivity contribution in [3.8, 4) is 0 Å². The minimum Gasteiger partial charge on any atom is -0.377 e. The van der Waals surface area contributed by atoms with Gasteiger partial charge in [-0.25, -0.2) is 0 Å². The molecule has 1 saturated heterocycles. The number of hydrogen-bond donors (Lipinski definition) is 1. The molecular formula is C18H36N2O. The van der Waals surface area contributed by atoms with E-state index in [2.05, 4.69) is 32.6 Å². The van der Waals surface area contributed by atoms with Crippen molar-refractivity contribution in [2.75, 3.05) is 26.7 Å². The van der Waals surface area contributed by atoms with Crippen molar-refractivity contribution in [3.05, 3.63) is 0 Å². The van der Waals surface area contributed by atoms with Crippen LogP contribution in [0.1, 0.15) is 59.8 Å². The van der Waals surface area contributed by atoms with E-state index in [0.717, 1.165) is 19.0 Å². The first-order valence-corrected chi connectivity index (χ1v) is 8.76. The van der Waals surface area contributed by atoms with Crippen LogP contribution in [0, 0.1) is 17.3 Å². The van der Waals surface area contributed by atoms with Gasteiger partial charge in [-0.3, -0.25) is 0 Å². The Hall–Kier alpha value is -0.120. The van der Waals surface area contributed by atoms with Crippen LogP contribution in [0.4, 0.5) is 0 Å². The monoisotopic (exact) mass is 296 g/mol. The number of ether oxygens (including phenoxy) is 1. The van der Waals surface area contributed by atoms with E-state index in [4.69, 9.17) is 10.5 Å². The van der Waals surface area contributed by atoms with E-state index in [9.17, 15) is 0 Å². The molecule has 0 spiro atoms. The van der Waals surface area contributed by atoms with Crippen molar-refractivity contribution in [1.82, 2.24) is 4.90 Å². The highest BCUT2D eigenvalue weighted by Crippen LogP contribution is 2.40. The molecule has 4 unspecified atom stereocenters. The number of rotatable bonds is 3. The molecule has 0 aromatic heterocycles. The van der Waals surface area contributed by atoms with E-state index in [0.29, 0.717) is 17.4 Å². The van der Waals surface area contributed by atoms with Gasteiger partial charge in [-0.15, -0.1) is 0 Å². The van der Waals surface area contributed by atoms with Crippen LogP contribution >= 0.6 is 0 Å². The molecule has 3 nitrogen and oxygen atoms in total. The average Bonchev–Trinajstić information content (AvgIpc) is 2.40. The predicted octanol–water partition coefficient (Wildman–Crippen LogP) is 3.28. The molecule has 0 amide bonds. The fourth-order valence-electron chi connectivity index (χ4n) is 4.25. The van der Waals surface area contributed by atoms with Crippen molar-refractivity contribution in [3.63, 3.8) is 0 Å². The average molecular weight is 296 g/mol. The third-order valence-corrected chi connectivity index (χ3v) is 5.99. The molecule has 0 aromatic carbocycles. The molecule has 4 atom stereocenters. The molecule has 124 valence electrons. The number of methoxy groups -OCH3 is 1. The lowest BCUT2D eigenvalue weighted by molar-refractivity contribution is -0.0568. The summed E-state index contributed by atoms with van der Waals surface area (Å²) in [6.45, 7) is 12.8. The lowest BCUT2D eigenvalue weighted by Crippen LogP contribution is -2.51. The Morgan fingerprint density at radius 2 is 2.00 bits per heavy atom. The highest BCUT2D eigenvalue weighted by Gasteiger charge is 2.37. The maximum atomic E-state index is 6.44. The lowest BCUT2D eigenvalue weighted by Gasteiger charge is -2.45. The summed E-state index contributed by atoms with van der Waals surface area (Å²) < 4.78 is 5.73. The van der Waals surface area contributed by atoms with Gasteiger partial charge in [-0.05, 0) is 62.8 Å². The first-order valence-electron chi connectivity index (χ1n) is 8.76. The van der Waals surface area contributed by atoms with Crippen molar-refractivity contribution in [1.29, 1.82) is 0 Å². The second-order valence-electron chi connectivity index (χ2n) is 8.79. The summed E-state index contributed by atoms with van der Waals surface area (Å²) in [6.07, 6.45) is 6.22. The van der Waals surface area contributed by atoms with Crippen molar-refractivity contribution in [2.24, 2.45) is 23.0 Å². The molecule has 1 saturated carbocycles. The van der Waals surface area contributed by atoms with Crippen LogP contribution in [0.25, 0.3) is 0 Å². The topological polar surface area (TPSA) is 38.5 Å². The maximum absolute atomic E-state index is 6.44. The molecule has 21 heavy (non-hydrogen) atoms. The summed E-state index contributed by atoms with van der Waals surface area (Å²) in [6, 6.07) is 0.388. The zero-order valence-corrected chi connectivity index (χ0v) is 14.8. The molecule has 0 aromatic rings. The molecule has 1 aliphatic carbocycles. The first-order chi connectivity index (χ1) is 9.73. The van der Waals surface area contributed by atoms with Gasteiger partial charge in [0.05, 0.1) is 5.60 Å². The highest BCUT2D eigenvalue weighted by molar-refractivity contribution is 4.91. The quantitative estimate of drug-likeness (QED) is 0.868. The van der Waals surface area contributed by atoms with E-state index in [1.54, 1.807) is 0 Å². The highest BCUT2D eigenvalue weighted by atomic mass is 16.5. The van der Waals surface area contributed by atoms with E-state index in [1.165, 1.54) is 38.6 Å². The summed E-state index contributed by atoms with van der Waals surface area (Å²) >= 11 is 0. The van der Waals surface area contributed by atoms with Crippen LogP contribution in [0.2, 0.25) is 0 Å². The van der Waals surface area contributed by atoms with Crippen LogP contribution in [-0.4, -0.2) is 43.3 Å². The van der Waals surface area contributed by atoms with Crippen molar-refractivity contribution < 1.29 is 4.74 Å². The Morgan fingerprint density at radius 3 is 2.62 bits per heavy atom. The zero-order chi connectivity index (χ0) is 15.7. The molecule has 1 heterocycles. The molecule has 2 fully saturated rings. The van der Waals surface area contributed by atoms with E-state index < -0.39 is 0 Å². The van der Waals surface area contributed by atoms with Crippen LogP contribution < -0.4 is 5.73 Å². The second kappa shape index (κ2) is 6.55. The number of hydrogen-bond acceptors (Lipinski definition) is 3. The smallest absolute Gasteiger partial charge is 0.0777 e. The Morgan fingerprint density at radius 1 is 1.29 bits per heavy atom. The standard InChI is InChI=1S/C18H36N2O/c1-17(2,3)15-7-8-16(19)14(11-15)12-20-10-6-9-18(4,13-20)21-5/h14-16H,6-13,19H2,1-5H3. The van der Waals surface area contributed by atoms with E-state index in [-0.39, 0.29) is 5.60 Å². The molecule has 0 bridgehead atoms. The van der Waals surface area contributed by atoms with Gasteiger partial charge in [-0.1, -0.05) is 20.8 Å². The molecule has 3 heteroatoms. The van der Waals surface area contributed by atoms with Crippen molar-refractivity contribution in [2.45, 2.75) is 71.4 Å². The van der Waals surface area contributed by atoms with Crippen LogP contribution in [0.15, 0.2) is 0 Å². The van der Waals surface area contributed by atoms with Gasteiger partial charge in [0.25, 0.3) is 0 Å². The van der Waals surface area contributed by atoms with Crippen LogP contribution in [0.5, 0.6) is 0 Å². The van der Waals surface area contributed by atoms with E-state index in [1.807, 2.05) is 7.11 Å². The Labute approximate surface area is 131 Å². The van der Waals surface area contributed by atoms with E-state index >= 15 is 0 Å². The number of nitrogens with two attached hydrogens (primary N) is 1. The van der Waals surface area contributed by atoms with Gasteiger partial charge in [0.1, 0.15) is 0 Å². The number of nitrogens with zero attached hydrogens (tertiary/aromatic N) is 1. The Bertz CT molecular complexity index is 339. The number of likely N-dealkylation sites (tertiary alicyclic amines) is 1. The summed E-state index contributed by atoms with van der Waals surface area (Å²) in [5.74, 6) is 1.48. The minimum atomic E-state index is 0.0421. The third kappa shape index (κ3) is 4.43. The largest absolute Gasteiger partial charge is 0.377 e. The Kier molecular flexibility index (Phi) is 5.38. The normalized spacial score (nSPS) is 39.4. The molecule has 2 rings (SSSR count). The number of piperidine rings is 1. The van der Waals surface area contributed by atoms with Gasteiger partial charge in [0, 0.05) is 26.2 Å². The SMILES string of the molecule is COC1(C)CCCN(CC2CC(C(C)(C)C)CCC2N)C1. The summed E-state index contributed by atoms with van der Waals surface area (Å²) in [7, 11) is 1.85. The Balaban J connectivity index is 1.94. The minimum absolute atomic E-state index is 0.0421. The third-order valence-electron chi connectivity index (χ3n) is 5.99. The van der Waals surface area contributed by atoms with Crippen molar-refractivity contribution >= 4 is 0 Å². The van der Waals surface area contributed by atoms with Gasteiger partial charge in [0.2, 0.25) is 0 Å². The van der Waals surface area contributed by atoms with Gasteiger partial charge in [-0.2, -0.15) is 0 Å². The zero-order valence-electron chi connectivity index (χ0n) is 14.8. The molecule has 0 radical (unpaired) electrons. The van der Waals surface area contributed by atoms with Gasteiger partial charge >= 0.3 is 0 Å². The van der Waals surface area contributed by atoms with Crippen LogP contribution in [-0.2, 0) is 4.74 Å². The molecular weight excluding hydrogens is 260 g/mol. The fourth-order valence-corrected chi connectivity index (χ4v) is 4.25. The molecule has 1 aliphatic heterocycles. The summed E-state index contributed by atoms with van der Waals surface area (Å²) in [5.41, 5.74) is 6.90. The lowest BCUT2D eigenvalue weighted by atomic mass is 9.67. The van der Waals surface area contributed by atoms with Gasteiger partial charge < -0.3 is 15.4 Å². The molecule has 2 aliphatic rings. The second-order valence-corrected chi connectivity index (χ2v) is 8.79. The molecule has 2 N–H and O–H groups in total. The maximum Gasteiger partial charge on any atom is 0.0777 e. The predicted molar refractivity (Wildman–Crippen MR) is 89.3 cm³/mol. The van der Waals surface area contributed by atoms with Crippen LogP contribution in [0.3, 0.4) is 0 Å². The first kappa shape index (κ1) is 17.2. The summed E-state index contributed by atoms with van der Waals surface area (Å²) in [4.78, 5) is 2.60.